The lowest BCUT2D eigenvalue weighted by molar-refractivity contribution is 0.316. The number of benzene rings is 1. The van der Waals surface area contributed by atoms with Gasteiger partial charge < -0.3 is 4.74 Å². The van der Waals surface area contributed by atoms with E-state index in [4.69, 9.17) is 4.74 Å². The van der Waals surface area contributed by atoms with Gasteiger partial charge in [-0.1, -0.05) is 13.0 Å². The summed E-state index contributed by atoms with van der Waals surface area (Å²) in [5.74, 6) is 0.318. The van der Waals surface area contributed by atoms with Crippen molar-refractivity contribution in [1.29, 1.82) is 0 Å². The summed E-state index contributed by atoms with van der Waals surface area (Å²) >= 11 is 0. The van der Waals surface area contributed by atoms with Crippen LogP contribution in [-0.4, -0.2) is 26.5 Å². The van der Waals surface area contributed by atoms with Gasteiger partial charge in [-0.05, 0) is 18.6 Å². The highest BCUT2D eigenvalue weighted by molar-refractivity contribution is 7.91. The van der Waals surface area contributed by atoms with E-state index in [2.05, 4.69) is 0 Å². The minimum atomic E-state index is -2.94. The number of hydrogen-bond acceptors (Lipinski definition) is 3. The average Bonchev–Trinajstić information content (AvgIpc) is 2.25. The van der Waals surface area contributed by atoms with Crippen LogP contribution in [0.15, 0.2) is 24.3 Å². The molecular formula is C11H15FO3S. The van der Waals surface area contributed by atoms with Gasteiger partial charge in [0.25, 0.3) is 0 Å². The third-order valence-corrected chi connectivity index (χ3v) is 3.89. The first-order valence-electron chi connectivity index (χ1n) is 5.12. The van der Waals surface area contributed by atoms with Gasteiger partial charge in [0.1, 0.15) is 21.4 Å². The molecule has 0 spiro atoms. The van der Waals surface area contributed by atoms with Crippen LogP contribution >= 0.6 is 0 Å². The van der Waals surface area contributed by atoms with Gasteiger partial charge in [-0.15, -0.1) is 0 Å². The van der Waals surface area contributed by atoms with Gasteiger partial charge in [0.05, 0.1) is 12.4 Å². The minimum absolute atomic E-state index is 0.110. The van der Waals surface area contributed by atoms with Crippen molar-refractivity contribution in [2.75, 3.05) is 18.1 Å². The van der Waals surface area contributed by atoms with E-state index in [0.29, 0.717) is 12.2 Å². The molecule has 0 fully saturated rings. The van der Waals surface area contributed by atoms with Crippen LogP contribution in [0.4, 0.5) is 4.39 Å². The summed E-state index contributed by atoms with van der Waals surface area (Å²) in [6.07, 6.45) is 0.423. The zero-order valence-electron chi connectivity index (χ0n) is 9.15. The lowest BCUT2D eigenvalue weighted by Gasteiger charge is -2.05. The zero-order valence-corrected chi connectivity index (χ0v) is 9.97. The van der Waals surface area contributed by atoms with E-state index in [1.807, 2.05) is 0 Å². The second kappa shape index (κ2) is 5.84. The fourth-order valence-electron chi connectivity index (χ4n) is 1.17. The standard InChI is InChI=1S/C11H15FO3S/c1-2-16(13,14)8-4-7-15-11-6-3-5-10(12)9-11/h3,5-6,9H,2,4,7-8H2,1H3. The predicted molar refractivity (Wildman–Crippen MR) is 60.8 cm³/mol. The molecule has 16 heavy (non-hydrogen) atoms. The molecule has 0 N–H and O–H groups in total. The molecule has 0 heterocycles. The van der Waals surface area contributed by atoms with Crippen LogP contribution in [0.25, 0.3) is 0 Å². The van der Waals surface area contributed by atoms with Crippen molar-refractivity contribution in [2.24, 2.45) is 0 Å². The Balaban J connectivity index is 2.32. The van der Waals surface area contributed by atoms with Crippen LogP contribution in [0.1, 0.15) is 13.3 Å². The Kier molecular flexibility index (Phi) is 4.73. The van der Waals surface area contributed by atoms with Gasteiger partial charge in [0, 0.05) is 11.8 Å². The van der Waals surface area contributed by atoms with Crippen molar-refractivity contribution in [1.82, 2.24) is 0 Å². The van der Waals surface area contributed by atoms with Crippen LogP contribution in [0.5, 0.6) is 5.75 Å². The lowest BCUT2D eigenvalue weighted by Crippen LogP contribution is -2.11. The number of hydrogen-bond donors (Lipinski definition) is 0. The highest BCUT2D eigenvalue weighted by Gasteiger charge is 2.06. The topological polar surface area (TPSA) is 43.4 Å². The molecule has 5 heteroatoms. The first-order valence-corrected chi connectivity index (χ1v) is 6.94. The maximum atomic E-state index is 12.7. The highest BCUT2D eigenvalue weighted by Crippen LogP contribution is 2.12. The Hall–Kier alpha value is -1.10. The molecule has 0 aliphatic rings. The van der Waals surface area contributed by atoms with Gasteiger partial charge in [0.15, 0.2) is 0 Å². The van der Waals surface area contributed by atoms with Crippen LogP contribution in [-0.2, 0) is 9.84 Å². The molecule has 0 saturated heterocycles. The lowest BCUT2D eigenvalue weighted by atomic mass is 10.3. The summed E-state index contributed by atoms with van der Waals surface area (Å²) in [4.78, 5) is 0. The van der Waals surface area contributed by atoms with Crippen molar-refractivity contribution in [3.05, 3.63) is 30.1 Å². The number of halogens is 1. The molecule has 0 amide bonds. The quantitative estimate of drug-likeness (QED) is 0.721. The van der Waals surface area contributed by atoms with E-state index in [1.165, 1.54) is 12.1 Å². The molecular weight excluding hydrogens is 231 g/mol. The molecule has 1 rings (SSSR count). The van der Waals surface area contributed by atoms with Gasteiger partial charge in [-0.3, -0.25) is 0 Å². The monoisotopic (exact) mass is 246 g/mol. The Labute approximate surface area is 95.2 Å². The molecule has 0 aliphatic heterocycles. The molecule has 0 radical (unpaired) electrons. The van der Waals surface area contributed by atoms with Crippen molar-refractivity contribution < 1.29 is 17.5 Å². The Morgan fingerprint density at radius 1 is 1.38 bits per heavy atom. The predicted octanol–water partition coefficient (Wildman–Crippen LogP) is 2.03. The Bertz CT molecular complexity index is 429. The smallest absolute Gasteiger partial charge is 0.150 e. The van der Waals surface area contributed by atoms with E-state index in [-0.39, 0.29) is 23.9 Å². The highest BCUT2D eigenvalue weighted by atomic mass is 32.2. The van der Waals surface area contributed by atoms with E-state index >= 15 is 0 Å². The molecule has 0 atom stereocenters. The summed E-state index contributed by atoms with van der Waals surface area (Å²) in [6.45, 7) is 1.89. The Morgan fingerprint density at radius 2 is 2.12 bits per heavy atom. The number of rotatable bonds is 6. The van der Waals surface area contributed by atoms with Gasteiger partial charge in [0.2, 0.25) is 0 Å². The molecule has 0 aromatic heterocycles. The summed E-state index contributed by atoms with van der Waals surface area (Å²) < 4.78 is 40.3. The van der Waals surface area contributed by atoms with Crippen molar-refractivity contribution in [2.45, 2.75) is 13.3 Å². The third-order valence-electron chi connectivity index (χ3n) is 2.10. The largest absolute Gasteiger partial charge is 0.493 e. The first kappa shape index (κ1) is 13.0. The number of sulfone groups is 1. The summed E-state index contributed by atoms with van der Waals surface area (Å²) in [6, 6.07) is 5.79. The molecule has 1 aromatic rings. The second-order valence-electron chi connectivity index (χ2n) is 3.40. The first-order chi connectivity index (χ1) is 7.53. The molecule has 0 unspecified atom stereocenters. The molecule has 0 saturated carbocycles. The maximum Gasteiger partial charge on any atom is 0.150 e. The van der Waals surface area contributed by atoms with Gasteiger partial charge in [-0.25, -0.2) is 12.8 Å². The van der Waals surface area contributed by atoms with E-state index < -0.39 is 9.84 Å². The fourth-order valence-corrected chi connectivity index (χ4v) is 2.02. The Morgan fingerprint density at radius 3 is 2.75 bits per heavy atom. The zero-order chi connectivity index (χ0) is 12.0. The minimum Gasteiger partial charge on any atom is -0.493 e. The fraction of sp³-hybridized carbons (Fsp3) is 0.455. The van der Waals surface area contributed by atoms with Crippen LogP contribution in [0, 0.1) is 5.82 Å². The summed E-state index contributed by atoms with van der Waals surface area (Å²) in [7, 11) is -2.94. The van der Waals surface area contributed by atoms with Crippen molar-refractivity contribution in [3.8, 4) is 5.75 Å². The van der Waals surface area contributed by atoms with Crippen LogP contribution < -0.4 is 4.74 Å². The summed E-state index contributed by atoms with van der Waals surface area (Å²) in [5, 5.41) is 0. The molecule has 90 valence electrons. The normalized spacial score (nSPS) is 11.4. The van der Waals surface area contributed by atoms with E-state index in [0.717, 1.165) is 0 Å². The van der Waals surface area contributed by atoms with E-state index in [9.17, 15) is 12.8 Å². The third kappa shape index (κ3) is 4.61. The van der Waals surface area contributed by atoms with Crippen LogP contribution in [0.2, 0.25) is 0 Å². The van der Waals surface area contributed by atoms with Gasteiger partial charge in [-0.2, -0.15) is 0 Å². The maximum absolute atomic E-state index is 12.7. The average molecular weight is 246 g/mol. The second-order valence-corrected chi connectivity index (χ2v) is 5.87. The van der Waals surface area contributed by atoms with Crippen molar-refractivity contribution >= 4 is 9.84 Å². The van der Waals surface area contributed by atoms with E-state index in [1.54, 1.807) is 19.1 Å². The SMILES string of the molecule is CCS(=O)(=O)CCCOc1cccc(F)c1. The van der Waals surface area contributed by atoms with Crippen molar-refractivity contribution in [3.63, 3.8) is 0 Å². The number of ether oxygens (including phenoxy) is 1. The summed E-state index contributed by atoms with van der Waals surface area (Å²) in [5.41, 5.74) is 0. The van der Waals surface area contributed by atoms with Gasteiger partial charge >= 0.3 is 0 Å². The van der Waals surface area contributed by atoms with Crippen LogP contribution in [0.3, 0.4) is 0 Å². The molecule has 3 nitrogen and oxygen atoms in total. The molecule has 0 bridgehead atoms. The molecule has 0 aliphatic carbocycles. The molecule has 1 aromatic carbocycles.